The smallest absolute Gasteiger partial charge is 0.330 e. The van der Waals surface area contributed by atoms with E-state index in [0.29, 0.717) is 16.7 Å². The summed E-state index contributed by atoms with van der Waals surface area (Å²) in [5, 5.41) is 0.359. The van der Waals surface area contributed by atoms with Gasteiger partial charge in [-0.3, -0.25) is 9.36 Å². The summed E-state index contributed by atoms with van der Waals surface area (Å²) in [5.74, 6) is 0.341. The molecule has 7 heteroatoms. The lowest BCUT2D eigenvalue weighted by Crippen LogP contribution is -2.26. The average molecular weight is 347 g/mol. The van der Waals surface area contributed by atoms with E-state index >= 15 is 0 Å². The molecule has 0 fully saturated rings. The Hall–Kier alpha value is -2.67. The second-order valence-electron chi connectivity index (χ2n) is 5.73. The van der Waals surface area contributed by atoms with Crippen LogP contribution in [-0.2, 0) is 12.6 Å². The van der Waals surface area contributed by atoms with Gasteiger partial charge in [-0.25, -0.2) is 4.98 Å². The molecule has 0 bridgehead atoms. The predicted octanol–water partition coefficient (Wildman–Crippen LogP) is 3.21. The lowest BCUT2D eigenvalue weighted by Gasteiger charge is -2.15. The monoisotopic (exact) mass is 347 g/mol. The fourth-order valence-corrected chi connectivity index (χ4v) is 2.78. The molecule has 3 rings (SSSR count). The summed E-state index contributed by atoms with van der Waals surface area (Å²) in [6, 6.07) is 9.82. The molecular formula is C18H16F3N3O. The molecule has 2 aromatic carbocycles. The second-order valence-corrected chi connectivity index (χ2v) is 5.73. The SMILES string of the molecule is Cc1cccc2c(=O)n(-c3cccc(C(F)(F)F)c3)c(CCN)nc12. The molecule has 1 aromatic heterocycles. The van der Waals surface area contributed by atoms with Gasteiger partial charge in [0.05, 0.1) is 22.2 Å². The summed E-state index contributed by atoms with van der Waals surface area (Å²) in [6.07, 6.45) is -4.22. The van der Waals surface area contributed by atoms with Gasteiger partial charge in [-0.15, -0.1) is 0 Å². The van der Waals surface area contributed by atoms with Gasteiger partial charge in [0, 0.05) is 6.42 Å². The van der Waals surface area contributed by atoms with Crippen LogP contribution in [0.25, 0.3) is 16.6 Å². The third-order valence-corrected chi connectivity index (χ3v) is 3.97. The number of fused-ring (bicyclic) bond motifs is 1. The van der Waals surface area contributed by atoms with Crippen molar-refractivity contribution in [3.05, 3.63) is 69.8 Å². The predicted molar refractivity (Wildman–Crippen MR) is 89.8 cm³/mol. The molecule has 0 aliphatic carbocycles. The Morgan fingerprint density at radius 2 is 1.88 bits per heavy atom. The zero-order chi connectivity index (χ0) is 18.2. The Morgan fingerprint density at radius 3 is 2.56 bits per heavy atom. The molecule has 0 aliphatic heterocycles. The molecule has 130 valence electrons. The van der Waals surface area contributed by atoms with Crippen LogP contribution in [0.3, 0.4) is 0 Å². The molecule has 0 radical (unpaired) electrons. The maximum atomic E-state index is 13.0. The highest BCUT2D eigenvalue weighted by molar-refractivity contribution is 5.81. The first kappa shape index (κ1) is 17.2. The van der Waals surface area contributed by atoms with Crippen LogP contribution in [0.4, 0.5) is 13.2 Å². The van der Waals surface area contributed by atoms with E-state index in [0.717, 1.165) is 17.7 Å². The maximum Gasteiger partial charge on any atom is 0.416 e. The van der Waals surface area contributed by atoms with E-state index < -0.39 is 17.3 Å². The van der Waals surface area contributed by atoms with E-state index in [-0.39, 0.29) is 18.7 Å². The Kier molecular flexibility index (Phi) is 4.34. The number of para-hydroxylation sites is 1. The number of aryl methyl sites for hydroxylation is 1. The molecule has 0 aliphatic rings. The van der Waals surface area contributed by atoms with Crippen LogP contribution in [0, 0.1) is 6.92 Å². The molecular weight excluding hydrogens is 331 g/mol. The Labute approximate surface area is 141 Å². The van der Waals surface area contributed by atoms with Crippen LogP contribution in [0.2, 0.25) is 0 Å². The Morgan fingerprint density at radius 1 is 1.16 bits per heavy atom. The van der Waals surface area contributed by atoms with Gasteiger partial charge in [-0.05, 0) is 43.3 Å². The van der Waals surface area contributed by atoms with Crippen molar-refractivity contribution >= 4 is 10.9 Å². The average Bonchev–Trinajstić information content (AvgIpc) is 2.56. The van der Waals surface area contributed by atoms with Gasteiger partial charge in [0.2, 0.25) is 0 Å². The van der Waals surface area contributed by atoms with Gasteiger partial charge in [0.15, 0.2) is 0 Å². The number of halogens is 3. The molecule has 1 heterocycles. The van der Waals surface area contributed by atoms with Crippen LogP contribution in [0.1, 0.15) is 17.0 Å². The van der Waals surface area contributed by atoms with E-state index in [1.165, 1.54) is 16.7 Å². The van der Waals surface area contributed by atoms with Crippen LogP contribution in [0.15, 0.2) is 47.3 Å². The highest BCUT2D eigenvalue weighted by Gasteiger charge is 2.30. The summed E-state index contributed by atoms with van der Waals surface area (Å²) < 4.78 is 40.3. The van der Waals surface area contributed by atoms with E-state index in [1.54, 1.807) is 12.1 Å². The van der Waals surface area contributed by atoms with Crippen LogP contribution >= 0.6 is 0 Å². The van der Waals surface area contributed by atoms with Gasteiger partial charge < -0.3 is 5.73 Å². The van der Waals surface area contributed by atoms with Gasteiger partial charge in [0.25, 0.3) is 5.56 Å². The summed E-state index contributed by atoms with van der Waals surface area (Å²) in [4.78, 5) is 17.4. The molecule has 0 amide bonds. The highest BCUT2D eigenvalue weighted by atomic mass is 19.4. The lowest BCUT2D eigenvalue weighted by molar-refractivity contribution is -0.137. The minimum Gasteiger partial charge on any atom is -0.330 e. The van der Waals surface area contributed by atoms with Crippen molar-refractivity contribution in [2.24, 2.45) is 5.73 Å². The second kappa shape index (κ2) is 6.33. The fraction of sp³-hybridized carbons (Fsp3) is 0.222. The van der Waals surface area contributed by atoms with Crippen molar-refractivity contribution in [1.82, 2.24) is 9.55 Å². The Balaban J connectivity index is 2.34. The molecule has 0 unspecified atom stereocenters. The van der Waals surface area contributed by atoms with Gasteiger partial charge in [-0.1, -0.05) is 18.2 Å². The molecule has 0 saturated carbocycles. The molecule has 0 saturated heterocycles. The Bertz CT molecular complexity index is 993. The number of hydrogen-bond donors (Lipinski definition) is 1. The van der Waals surface area contributed by atoms with E-state index in [4.69, 9.17) is 5.73 Å². The topological polar surface area (TPSA) is 60.9 Å². The van der Waals surface area contributed by atoms with Crippen LogP contribution in [0.5, 0.6) is 0 Å². The summed E-state index contributed by atoms with van der Waals surface area (Å²) in [5.41, 5.74) is 5.87. The number of nitrogens with zero attached hydrogens (tertiary/aromatic N) is 2. The molecule has 2 N–H and O–H groups in total. The molecule has 0 atom stereocenters. The number of benzene rings is 2. The molecule has 0 spiro atoms. The van der Waals surface area contributed by atoms with Crippen LogP contribution < -0.4 is 11.3 Å². The quantitative estimate of drug-likeness (QED) is 0.791. The van der Waals surface area contributed by atoms with E-state index in [2.05, 4.69) is 4.98 Å². The van der Waals surface area contributed by atoms with Crippen LogP contribution in [-0.4, -0.2) is 16.1 Å². The first-order chi connectivity index (χ1) is 11.8. The van der Waals surface area contributed by atoms with Crippen molar-refractivity contribution in [3.63, 3.8) is 0 Å². The normalized spacial score (nSPS) is 11.9. The first-order valence-corrected chi connectivity index (χ1v) is 7.72. The van der Waals surface area contributed by atoms with Crippen molar-refractivity contribution in [2.45, 2.75) is 19.5 Å². The number of rotatable bonds is 3. The molecule has 3 aromatic rings. The first-order valence-electron chi connectivity index (χ1n) is 7.72. The zero-order valence-corrected chi connectivity index (χ0v) is 13.5. The molecule has 25 heavy (non-hydrogen) atoms. The lowest BCUT2D eigenvalue weighted by atomic mass is 10.1. The minimum absolute atomic E-state index is 0.124. The number of aromatic nitrogens is 2. The van der Waals surface area contributed by atoms with Gasteiger partial charge >= 0.3 is 6.18 Å². The standard InChI is InChI=1S/C18H16F3N3O/c1-11-4-2-7-14-16(11)23-15(8-9-22)24(17(14)25)13-6-3-5-12(10-13)18(19,20)21/h2-7,10H,8-9,22H2,1H3. The summed E-state index contributed by atoms with van der Waals surface area (Å²) in [7, 11) is 0. The largest absolute Gasteiger partial charge is 0.416 e. The molecule has 4 nitrogen and oxygen atoms in total. The third kappa shape index (κ3) is 3.15. The minimum atomic E-state index is -4.49. The number of nitrogens with two attached hydrogens (primary N) is 1. The number of hydrogen-bond acceptors (Lipinski definition) is 3. The van der Waals surface area contributed by atoms with Crippen molar-refractivity contribution in [3.8, 4) is 5.69 Å². The van der Waals surface area contributed by atoms with Crippen molar-refractivity contribution < 1.29 is 13.2 Å². The van der Waals surface area contributed by atoms with Crippen molar-refractivity contribution in [1.29, 1.82) is 0 Å². The summed E-state index contributed by atoms with van der Waals surface area (Å²) in [6.45, 7) is 2.05. The number of alkyl halides is 3. The summed E-state index contributed by atoms with van der Waals surface area (Å²) >= 11 is 0. The highest BCUT2D eigenvalue weighted by Crippen LogP contribution is 2.30. The fourth-order valence-electron chi connectivity index (χ4n) is 2.78. The zero-order valence-electron chi connectivity index (χ0n) is 13.5. The van der Waals surface area contributed by atoms with Crippen molar-refractivity contribution in [2.75, 3.05) is 6.54 Å². The third-order valence-electron chi connectivity index (χ3n) is 3.97. The maximum absolute atomic E-state index is 13.0. The van der Waals surface area contributed by atoms with Gasteiger partial charge in [0.1, 0.15) is 5.82 Å². The van der Waals surface area contributed by atoms with Gasteiger partial charge in [-0.2, -0.15) is 13.2 Å². The van der Waals surface area contributed by atoms with E-state index in [9.17, 15) is 18.0 Å². The van der Waals surface area contributed by atoms with E-state index in [1.807, 2.05) is 13.0 Å².